The van der Waals surface area contributed by atoms with Crippen molar-refractivity contribution in [1.29, 1.82) is 0 Å². The van der Waals surface area contributed by atoms with Crippen LogP contribution in [-0.4, -0.2) is 17.1 Å². The fraction of sp³-hybridized carbons (Fsp3) is 0.250. The van der Waals surface area contributed by atoms with Crippen LogP contribution in [0, 0.1) is 6.92 Å². The molecule has 0 spiro atoms. The third kappa shape index (κ3) is 1.92. The van der Waals surface area contributed by atoms with E-state index in [2.05, 4.69) is 9.97 Å². The number of rotatable bonds is 3. The van der Waals surface area contributed by atoms with Gasteiger partial charge in [-0.1, -0.05) is 12.1 Å². The second-order valence-corrected chi connectivity index (χ2v) is 3.59. The van der Waals surface area contributed by atoms with Gasteiger partial charge >= 0.3 is 0 Å². The van der Waals surface area contributed by atoms with E-state index in [1.165, 1.54) is 0 Å². The van der Waals surface area contributed by atoms with E-state index in [-0.39, 0.29) is 0 Å². The molecule has 0 aliphatic rings. The zero-order valence-electron chi connectivity index (χ0n) is 9.45. The fourth-order valence-corrected chi connectivity index (χ4v) is 1.60. The van der Waals surface area contributed by atoms with Crippen LogP contribution in [0.25, 0.3) is 11.4 Å². The standard InChI is InChI=1S/C12H15N3O/c1-8-11(7-13)15-12(14-8)9-4-3-5-10(6-9)16-2/h3-6H,7,13H2,1-2H3,(H,14,15). The monoisotopic (exact) mass is 217 g/mol. The lowest BCUT2D eigenvalue weighted by atomic mass is 10.2. The third-order valence-corrected chi connectivity index (χ3v) is 2.52. The average Bonchev–Trinajstić information content (AvgIpc) is 2.71. The number of methoxy groups -OCH3 is 1. The molecular formula is C12H15N3O. The van der Waals surface area contributed by atoms with E-state index in [0.29, 0.717) is 6.54 Å². The molecule has 0 amide bonds. The number of hydrogen-bond donors (Lipinski definition) is 2. The van der Waals surface area contributed by atoms with E-state index in [1.807, 2.05) is 31.2 Å². The summed E-state index contributed by atoms with van der Waals surface area (Å²) in [4.78, 5) is 7.65. The number of aromatic nitrogens is 2. The van der Waals surface area contributed by atoms with Crippen LogP contribution in [0.3, 0.4) is 0 Å². The van der Waals surface area contributed by atoms with Gasteiger partial charge in [0.15, 0.2) is 0 Å². The van der Waals surface area contributed by atoms with E-state index in [4.69, 9.17) is 10.5 Å². The van der Waals surface area contributed by atoms with Gasteiger partial charge in [-0.25, -0.2) is 4.98 Å². The van der Waals surface area contributed by atoms with E-state index in [9.17, 15) is 0 Å². The second-order valence-electron chi connectivity index (χ2n) is 3.59. The molecule has 0 fully saturated rings. The summed E-state index contributed by atoms with van der Waals surface area (Å²) in [5.74, 6) is 1.65. The number of ether oxygens (including phenoxy) is 1. The highest BCUT2D eigenvalue weighted by Gasteiger charge is 2.07. The summed E-state index contributed by atoms with van der Waals surface area (Å²) in [5, 5.41) is 0. The van der Waals surface area contributed by atoms with Crippen molar-refractivity contribution in [3.63, 3.8) is 0 Å². The molecule has 3 N–H and O–H groups in total. The molecule has 4 nitrogen and oxygen atoms in total. The summed E-state index contributed by atoms with van der Waals surface area (Å²) in [6, 6.07) is 7.77. The Bertz CT molecular complexity index is 491. The number of aromatic amines is 1. The Labute approximate surface area is 94.5 Å². The highest BCUT2D eigenvalue weighted by Crippen LogP contribution is 2.22. The topological polar surface area (TPSA) is 63.9 Å². The highest BCUT2D eigenvalue weighted by atomic mass is 16.5. The Hall–Kier alpha value is -1.81. The van der Waals surface area contributed by atoms with Crippen molar-refractivity contribution in [1.82, 2.24) is 9.97 Å². The van der Waals surface area contributed by atoms with Crippen LogP contribution in [0.15, 0.2) is 24.3 Å². The zero-order chi connectivity index (χ0) is 11.5. The second kappa shape index (κ2) is 4.37. The van der Waals surface area contributed by atoms with Crippen molar-refractivity contribution in [3.05, 3.63) is 35.7 Å². The first-order chi connectivity index (χ1) is 7.74. The molecule has 1 heterocycles. The van der Waals surface area contributed by atoms with Crippen LogP contribution in [0.5, 0.6) is 5.75 Å². The van der Waals surface area contributed by atoms with Crippen molar-refractivity contribution in [2.75, 3.05) is 7.11 Å². The molecule has 1 aromatic heterocycles. The van der Waals surface area contributed by atoms with Gasteiger partial charge in [0.2, 0.25) is 0 Å². The van der Waals surface area contributed by atoms with E-state index >= 15 is 0 Å². The Kier molecular flexibility index (Phi) is 2.92. The highest BCUT2D eigenvalue weighted by molar-refractivity contribution is 5.58. The maximum atomic E-state index is 5.59. The molecule has 0 unspecified atom stereocenters. The van der Waals surface area contributed by atoms with Crippen LogP contribution in [0.2, 0.25) is 0 Å². The Balaban J connectivity index is 2.41. The molecule has 0 radical (unpaired) electrons. The summed E-state index contributed by atoms with van der Waals surface area (Å²) in [7, 11) is 1.65. The first-order valence-electron chi connectivity index (χ1n) is 5.14. The number of nitrogens with two attached hydrogens (primary N) is 1. The molecule has 0 saturated carbocycles. The van der Waals surface area contributed by atoms with Gasteiger partial charge in [0.1, 0.15) is 11.6 Å². The summed E-state index contributed by atoms with van der Waals surface area (Å²) < 4.78 is 5.17. The van der Waals surface area contributed by atoms with E-state index in [1.54, 1.807) is 7.11 Å². The molecule has 4 heteroatoms. The predicted molar refractivity (Wildman–Crippen MR) is 63.2 cm³/mol. The van der Waals surface area contributed by atoms with E-state index in [0.717, 1.165) is 28.5 Å². The number of H-pyrrole nitrogens is 1. The molecule has 0 atom stereocenters. The normalized spacial score (nSPS) is 10.4. The molecule has 2 rings (SSSR count). The number of benzene rings is 1. The molecule has 0 saturated heterocycles. The van der Waals surface area contributed by atoms with Crippen LogP contribution in [0.1, 0.15) is 11.4 Å². The summed E-state index contributed by atoms with van der Waals surface area (Å²) >= 11 is 0. The Morgan fingerprint density at radius 3 is 2.88 bits per heavy atom. The van der Waals surface area contributed by atoms with Crippen LogP contribution in [-0.2, 0) is 6.54 Å². The maximum absolute atomic E-state index is 5.59. The SMILES string of the molecule is COc1cccc(-c2nc(CN)c(C)[nH]2)c1. The molecule has 1 aromatic carbocycles. The first-order valence-corrected chi connectivity index (χ1v) is 5.14. The van der Waals surface area contributed by atoms with Gasteiger partial charge in [0, 0.05) is 17.8 Å². The lowest BCUT2D eigenvalue weighted by Gasteiger charge is -2.01. The van der Waals surface area contributed by atoms with Crippen molar-refractivity contribution >= 4 is 0 Å². The van der Waals surface area contributed by atoms with Crippen LogP contribution in [0.4, 0.5) is 0 Å². The van der Waals surface area contributed by atoms with Gasteiger partial charge in [-0.05, 0) is 19.1 Å². The minimum atomic E-state index is 0.451. The fourth-order valence-electron chi connectivity index (χ4n) is 1.60. The molecule has 0 aliphatic heterocycles. The molecule has 16 heavy (non-hydrogen) atoms. The van der Waals surface area contributed by atoms with Crippen molar-refractivity contribution in [3.8, 4) is 17.1 Å². The molecule has 0 bridgehead atoms. The lowest BCUT2D eigenvalue weighted by Crippen LogP contribution is -1.98. The van der Waals surface area contributed by atoms with Gasteiger partial charge < -0.3 is 15.5 Å². The maximum Gasteiger partial charge on any atom is 0.138 e. The van der Waals surface area contributed by atoms with Gasteiger partial charge in [-0.15, -0.1) is 0 Å². The van der Waals surface area contributed by atoms with Gasteiger partial charge in [-0.2, -0.15) is 0 Å². The zero-order valence-corrected chi connectivity index (χ0v) is 9.45. The van der Waals surface area contributed by atoms with Gasteiger partial charge in [0.05, 0.1) is 12.8 Å². The van der Waals surface area contributed by atoms with Gasteiger partial charge in [0.25, 0.3) is 0 Å². The van der Waals surface area contributed by atoms with Crippen molar-refractivity contribution in [2.45, 2.75) is 13.5 Å². The lowest BCUT2D eigenvalue weighted by molar-refractivity contribution is 0.415. The first kappa shape index (κ1) is 10.7. The van der Waals surface area contributed by atoms with Crippen LogP contribution < -0.4 is 10.5 Å². The number of aryl methyl sites for hydroxylation is 1. The molecule has 0 aliphatic carbocycles. The smallest absolute Gasteiger partial charge is 0.138 e. The minimum absolute atomic E-state index is 0.451. The van der Waals surface area contributed by atoms with E-state index < -0.39 is 0 Å². The largest absolute Gasteiger partial charge is 0.497 e. The number of imidazole rings is 1. The number of hydrogen-bond acceptors (Lipinski definition) is 3. The number of nitrogens with zero attached hydrogens (tertiary/aromatic N) is 1. The summed E-state index contributed by atoms with van der Waals surface area (Å²) in [5.41, 5.74) is 8.51. The molecule has 84 valence electrons. The average molecular weight is 217 g/mol. The van der Waals surface area contributed by atoms with Gasteiger partial charge in [-0.3, -0.25) is 0 Å². The Morgan fingerprint density at radius 2 is 2.25 bits per heavy atom. The predicted octanol–water partition coefficient (Wildman–Crippen LogP) is 1.85. The quantitative estimate of drug-likeness (QED) is 0.824. The Morgan fingerprint density at radius 1 is 1.44 bits per heavy atom. The molecule has 2 aromatic rings. The van der Waals surface area contributed by atoms with Crippen LogP contribution >= 0.6 is 0 Å². The summed E-state index contributed by atoms with van der Waals surface area (Å²) in [6.45, 7) is 2.42. The summed E-state index contributed by atoms with van der Waals surface area (Å²) in [6.07, 6.45) is 0. The molecular weight excluding hydrogens is 202 g/mol. The van der Waals surface area contributed by atoms with Crippen molar-refractivity contribution in [2.24, 2.45) is 5.73 Å². The van der Waals surface area contributed by atoms with Crippen molar-refractivity contribution < 1.29 is 4.74 Å². The number of nitrogens with one attached hydrogen (secondary N) is 1. The minimum Gasteiger partial charge on any atom is -0.497 e. The third-order valence-electron chi connectivity index (χ3n) is 2.52.